The van der Waals surface area contributed by atoms with Gasteiger partial charge in [0.1, 0.15) is 0 Å². The van der Waals surface area contributed by atoms with E-state index in [1.165, 1.54) is 0 Å². The lowest BCUT2D eigenvalue weighted by atomic mass is 9.92. The van der Waals surface area contributed by atoms with Crippen LogP contribution in [0.4, 0.5) is 0 Å². The molecular weight excluding hydrogens is 266 g/mol. The van der Waals surface area contributed by atoms with Gasteiger partial charge >= 0.3 is 0 Å². The SMILES string of the molecule is CCn1ccc(CNC(=O)CC(C)(O)c2ccccc2)n1. The molecule has 0 saturated heterocycles. The zero-order valence-electron chi connectivity index (χ0n) is 12.4. The van der Waals surface area contributed by atoms with Gasteiger partial charge in [0.05, 0.1) is 24.3 Å². The summed E-state index contributed by atoms with van der Waals surface area (Å²) in [4.78, 5) is 12.0. The standard InChI is InChI=1S/C16H21N3O2/c1-3-19-10-9-14(18-19)12-17-15(20)11-16(2,21)13-7-5-4-6-8-13/h4-10,21H,3,11-12H2,1-2H3,(H,17,20). The van der Waals surface area contributed by atoms with Crippen molar-refractivity contribution >= 4 is 5.91 Å². The Balaban J connectivity index is 1.89. The van der Waals surface area contributed by atoms with Gasteiger partial charge < -0.3 is 10.4 Å². The van der Waals surface area contributed by atoms with E-state index >= 15 is 0 Å². The van der Waals surface area contributed by atoms with E-state index in [1.54, 1.807) is 6.92 Å². The van der Waals surface area contributed by atoms with Crippen LogP contribution in [0.2, 0.25) is 0 Å². The molecule has 0 spiro atoms. The number of aryl methyl sites for hydroxylation is 1. The molecule has 0 fully saturated rings. The maximum atomic E-state index is 12.0. The molecule has 0 aliphatic carbocycles. The molecule has 1 heterocycles. The lowest BCUT2D eigenvalue weighted by Gasteiger charge is -2.23. The van der Waals surface area contributed by atoms with E-state index in [0.29, 0.717) is 6.54 Å². The smallest absolute Gasteiger partial charge is 0.223 e. The van der Waals surface area contributed by atoms with Crippen LogP contribution in [0.1, 0.15) is 31.5 Å². The molecule has 1 aromatic carbocycles. The molecule has 0 saturated carbocycles. The normalized spacial score (nSPS) is 13.7. The highest BCUT2D eigenvalue weighted by molar-refractivity contribution is 5.77. The summed E-state index contributed by atoms with van der Waals surface area (Å²) in [5.41, 5.74) is 0.369. The van der Waals surface area contributed by atoms with Crippen LogP contribution >= 0.6 is 0 Å². The molecule has 2 aromatic rings. The number of rotatable bonds is 6. The van der Waals surface area contributed by atoms with E-state index in [1.807, 2.05) is 54.2 Å². The Morgan fingerprint density at radius 2 is 2.05 bits per heavy atom. The van der Waals surface area contributed by atoms with E-state index in [9.17, 15) is 9.90 Å². The Labute approximate surface area is 124 Å². The van der Waals surface area contributed by atoms with E-state index in [4.69, 9.17) is 0 Å². The maximum absolute atomic E-state index is 12.0. The predicted molar refractivity (Wildman–Crippen MR) is 80.4 cm³/mol. The van der Waals surface area contributed by atoms with Crippen molar-refractivity contribution < 1.29 is 9.90 Å². The van der Waals surface area contributed by atoms with Crippen LogP contribution in [0.3, 0.4) is 0 Å². The minimum absolute atomic E-state index is 0.0193. The molecule has 1 aromatic heterocycles. The zero-order chi connectivity index (χ0) is 15.3. The second kappa shape index (κ2) is 6.54. The van der Waals surface area contributed by atoms with Gasteiger partial charge in [0.2, 0.25) is 5.91 Å². The first kappa shape index (κ1) is 15.3. The predicted octanol–water partition coefficient (Wildman–Crippen LogP) is 1.82. The van der Waals surface area contributed by atoms with Gasteiger partial charge in [-0.15, -0.1) is 0 Å². The van der Waals surface area contributed by atoms with Gasteiger partial charge in [-0.2, -0.15) is 5.10 Å². The summed E-state index contributed by atoms with van der Waals surface area (Å²) >= 11 is 0. The molecule has 1 unspecified atom stereocenters. The van der Waals surface area contributed by atoms with E-state index in [0.717, 1.165) is 17.8 Å². The summed E-state index contributed by atoms with van der Waals surface area (Å²) in [7, 11) is 0. The highest BCUT2D eigenvalue weighted by atomic mass is 16.3. The quantitative estimate of drug-likeness (QED) is 0.851. The molecule has 0 bridgehead atoms. The molecule has 2 rings (SSSR count). The summed E-state index contributed by atoms with van der Waals surface area (Å²) in [5.74, 6) is -0.199. The first-order valence-electron chi connectivity index (χ1n) is 7.08. The number of nitrogens with one attached hydrogen (secondary N) is 1. The van der Waals surface area contributed by atoms with Crippen LogP contribution in [-0.4, -0.2) is 20.8 Å². The van der Waals surface area contributed by atoms with Gasteiger partial charge in [0.15, 0.2) is 0 Å². The van der Waals surface area contributed by atoms with Crippen molar-refractivity contribution in [1.29, 1.82) is 0 Å². The highest BCUT2D eigenvalue weighted by Gasteiger charge is 2.26. The fraction of sp³-hybridized carbons (Fsp3) is 0.375. The number of aromatic nitrogens is 2. The third kappa shape index (κ3) is 4.16. The van der Waals surface area contributed by atoms with Crippen molar-refractivity contribution in [2.24, 2.45) is 0 Å². The second-order valence-corrected chi connectivity index (χ2v) is 5.26. The third-order valence-corrected chi connectivity index (χ3v) is 3.39. The minimum Gasteiger partial charge on any atom is -0.385 e. The second-order valence-electron chi connectivity index (χ2n) is 5.26. The molecule has 0 aliphatic rings. The van der Waals surface area contributed by atoms with Crippen molar-refractivity contribution in [2.75, 3.05) is 0 Å². The van der Waals surface area contributed by atoms with Gasteiger partial charge in [-0.3, -0.25) is 9.48 Å². The number of hydrogen-bond donors (Lipinski definition) is 2. The van der Waals surface area contributed by atoms with Gasteiger partial charge in [0, 0.05) is 12.7 Å². The molecule has 1 amide bonds. The maximum Gasteiger partial charge on any atom is 0.223 e. The molecule has 5 heteroatoms. The number of hydrogen-bond acceptors (Lipinski definition) is 3. The molecule has 2 N–H and O–H groups in total. The van der Waals surface area contributed by atoms with Crippen LogP contribution in [0, 0.1) is 0 Å². The Bertz CT molecular complexity index is 591. The van der Waals surface area contributed by atoms with Gasteiger partial charge in [0.25, 0.3) is 0 Å². The highest BCUT2D eigenvalue weighted by Crippen LogP contribution is 2.23. The fourth-order valence-electron chi connectivity index (χ4n) is 2.14. The van der Waals surface area contributed by atoms with Crippen molar-refractivity contribution in [3.05, 3.63) is 53.9 Å². The third-order valence-electron chi connectivity index (χ3n) is 3.39. The van der Waals surface area contributed by atoms with E-state index < -0.39 is 5.60 Å². The largest absolute Gasteiger partial charge is 0.385 e. The number of carbonyl (C=O) groups excluding carboxylic acids is 1. The average molecular weight is 287 g/mol. The van der Waals surface area contributed by atoms with Crippen LogP contribution in [0.25, 0.3) is 0 Å². The van der Waals surface area contributed by atoms with Gasteiger partial charge in [-0.1, -0.05) is 30.3 Å². The molecule has 1 atom stereocenters. The van der Waals surface area contributed by atoms with Gasteiger partial charge in [-0.05, 0) is 25.5 Å². The van der Waals surface area contributed by atoms with Gasteiger partial charge in [-0.25, -0.2) is 0 Å². The molecule has 0 radical (unpaired) electrons. The van der Waals surface area contributed by atoms with Crippen molar-refractivity contribution in [1.82, 2.24) is 15.1 Å². The average Bonchev–Trinajstić information content (AvgIpc) is 2.94. The minimum atomic E-state index is -1.17. The molecule has 0 aliphatic heterocycles. The topological polar surface area (TPSA) is 67.2 Å². The van der Waals surface area contributed by atoms with E-state index in [2.05, 4.69) is 10.4 Å². The Morgan fingerprint density at radius 3 is 2.67 bits per heavy atom. The van der Waals surface area contributed by atoms with Crippen LogP contribution in [0.5, 0.6) is 0 Å². The van der Waals surface area contributed by atoms with Crippen molar-refractivity contribution in [3.63, 3.8) is 0 Å². The summed E-state index contributed by atoms with van der Waals surface area (Å²) in [5, 5.41) is 17.5. The summed E-state index contributed by atoms with van der Waals surface area (Å²) in [6, 6.07) is 11.1. The van der Waals surface area contributed by atoms with Crippen molar-refractivity contribution in [3.8, 4) is 0 Å². The molecule has 21 heavy (non-hydrogen) atoms. The number of aliphatic hydroxyl groups is 1. The van der Waals surface area contributed by atoms with E-state index in [-0.39, 0.29) is 12.3 Å². The first-order valence-corrected chi connectivity index (χ1v) is 7.08. The monoisotopic (exact) mass is 287 g/mol. The first-order chi connectivity index (χ1) is 10.0. The summed E-state index contributed by atoms with van der Waals surface area (Å²) in [6.07, 6.45) is 1.90. The fourth-order valence-corrected chi connectivity index (χ4v) is 2.14. The number of carbonyl (C=O) groups is 1. The van der Waals surface area contributed by atoms with Crippen LogP contribution < -0.4 is 5.32 Å². The summed E-state index contributed by atoms with van der Waals surface area (Å²) < 4.78 is 1.81. The number of benzene rings is 1. The number of amides is 1. The molecular formula is C16H21N3O2. The zero-order valence-corrected chi connectivity index (χ0v) is 12.4. The van der Waals surface area contributed by atoms with Crippen LogP contribution in [-0.2, 0) is 23.5 Å². The van der Waals surface area contributed by atoms with Crippen molar-refractivity contribution in [2.45, 2.75) is 39.0 Å². The lowest BCUT2D eigenvalue weighted by molar-refractivity contribution is -0.126. The Kier molecular flexibility index (Phi) is 4.75. The lowest BCUT2D eigenvalue weighted by Crippen LogP contribution is -2.32. The summed E-state index contributed by atoms with van der Waals surface area (Å²) in [6.45, 7) is 4.83. The molecule has 112 valence electrons. The molecule has 5 nitrogen and oxygen atoms in total. The Morgan fingerprint density at radius 1 is 1.33 bits per heavy atom. The van der Waals surface area contributed by atoms with Crippen LogP contribution in [0.15, 0.2) is 42.6 Å². The number of nitrogens with zero attached hydrogens (tertiary/aromatic N) is 2. The Hall–Kier alpha value is -2.14.